The van der Waals surface area contributed by atoms with Crippen molar-refractivity contribution in [1.82, 2.24) is 15.0 Å². The number of nitrogens with two attached hydrogens (primary N) is 1. The molecule has 1 fully saturated rings. The fourth-order valence-corrected chi connectivity index (χ4v) is 1.79. The van der Waals surface area contributed by atoms with Crippen molar-refractivity contribution < 1.29 is 0 Å². The summed E-state index contributed by atoms with van der Waals surface area (Å²) in [6, 6.07) is 0.635. The molecular formula is C10H18N4. The van der Waals surface area contributed by atoms with Crippen LogP contribution in [0.3, 0.4) is 0 Å². The van der Waals surface area contributed by atoms with E-state index in [0.29, 0.717) is 12.6 Å². The Kier molecular flexibility index (Phi) is 2.82. The van der Waals surface area contributed by atoms with Gasteiger partial charge in [0.25, 0.3) is 0 Å². The van der Waals surface area contributed by atoms with E-state index in [-0.39, 0.29) is 0 Å². The lowest BCUT2D eigenvalue weighted by molar-refractivity contribution is 0.578. The summed E-state index contributed by atoms with van der Waals surface area (Å²) in [5.41, 5.74) is 7.98. The van der Waals surface area contributed by atoms with E-state index >= 15 is 0 Å². The highest BCUT2D eigenvalue weighted by Gasteiger charge is 2.28. The molecule has 4 heteroatoms. The van der Waals surface area contributed by atoms with Crippen LogP contribution in [0.5, 0.6) is 0 Å². The van der Waals surface area contributed by atoms with Gasteiger partial charge in [-0.15, -0.1) is 5.10 Å². The summed E-state index contributed by atoms with van der Waals surface area (Å²) in [5.74, 6) is 0. The molecule has 4 nitrogen and oxygen atoms in total. The number of hydrogen-bond acceptors (Lipinski definition) is 3. The fourth-order valence-electron chi connectivity index (χ4n) is 1.79. The molecule has 1 aromatic heterocycles. The van der Waals surface area contributed by atoms with Crippen molar-refractivity contribution >= 4 is 0 Å². The summed E-state index contributed by atoms with van der Waals surface area (Å²) in [6.45, 7) is 2.86. The van der Waals surface area contributed by atoms with Crippen LogP contribution in [0.1, 0.15) is 43.6 Å². The van der Waals surface area contributed by atoms with Crippen molar-refractivity contribution in [3.63, 3.8) is 0 Å². The van der Waals surface area contributed by atoms with Gasteiger partial charge in [0.1, 0.15) is 0 Å². The second-order valence-corrected chi connectivity index (χ2v) is 3.95. The number of hydrogen-bond donors (Lipinski definition) is 1. The van der Waals surface area contributed by atoms with Gasteiger partial charge in [0.15, 0.2) is 0 Å². The van der Waals surface area contributed by atoms with Gasteiger partial charge in [0, 0.05) is 6.42 Å². The second kappa shape index (κ2) is 4.09. The minimum absolute atomic E-state index is 0.635. The van der Waals surface area contributed by atoms with Crippen LogP contribution in [-0.4, -0.2) is 21.5 Å². The molecule has 0 aromatic carbocycles. The summed E-state index contributed by atoms with van der Waals surface area (Å²) >= 11 is 0. The van der Waals surface area contributed by atoms with E-state index in [9.17, 15) is 0 Å². The monoisotopic (exact) mass is 194 g/mol. The zero-order valence-electron chi connectivity index (χ0n) is 8.74. The molecule has 2 N–H and O–H groups in total. The Morgan fingerprint density at radius 3 is 2.79 bits per heavy atom. The Labute approximate surface area is 84.5 Å². The second-order valence-electron chi connectivity index (χ2n) is 3.95. The molecule has 1 aliphatic rings. The third-order valence-corrected chi connectivity index (χ3v) is 2.63. The molecule has 0 radical (unpaired) electrons. The first-order valence-corrected chi connectivity index (χ1v) is 5.49. The molecule has 0 bridgehead atoms. The fraction of sp³-hybridized carbons (Fsp3) is 0.800. The maximum absolute atomic E-state index is 5.55. The van der Waals surface area contributed by atoms with Crippen LogP contribution in [0.25, 0.3) is 0 Å². The topological polar surface area (TPSA) is 56.7 Å². The maximum Gasteiger partial charge on any atom is 0.0871 e. The first-order valence-electron chi connectivity index (χ1n) is 5.49. The highest BCUT2D eigenvalue weighted by atomic mass is 15.5. The number of rotatable bonds is 5. The number of aromatic nitrogens is 3. The van der Waals surface area contributed by atoms with E-state index in [0.717, 1.165) is 25.0 Å². The van der Waals surface area contributed by atoms with Crippen LogP contribution in [0.15, 0.2) is 0 Å². The molecule has 0 spiro atoms. The van der Waals surface area contributed by atoms with Gasteiger partial charge in [-0.05, 0) is 25.8 Å². The van der Waals surface area contributed by atoms with E-state index < -0.39 is 0 Å². The lowest BCUT2D eigenvalue weighted by Crippen LogP contribution is -2.07. The summed E-state index contributed by atoms with van der Waals surface area (Å²) in [5, 5.41) is 8.45. The standard InChI is InChI=1S/C10H18N4/c1-2-3-10-9(6-7-11)12-13-14(10)8-4-5-8/h8H,2-7,11H2,1H3. The molecule has 1 heterocycles. The summed E-state index contributed by atoms with van der Waals surface area (Å²) in [4.78, 5) is 0. The Bertz CT molecular complexity index is 301. The summed E-state index contributed by atoms with van der Waals surface area (Å²) in [7, 11) is 0. The average molecular weight is 194 g/mol. The minimum Gasteiger partial charge on any atom is -0.330 e. The predicted molar refractivity (Wildman–Crippen MR) is 55.0 cm³/mol. The van der Waals surface area contributed by atoms with Crippen LogP contribution in [0.4, 0.5) is 0 Å². The lowest BCUT2D eigenvalue weighted by Gasteiger charge is -2.04. The molecule has 78 valence electrons. The molecule has 14 heavy (non-hydrogen) atoms. The van der Waals surface area contributed by atoms with Crippen molar-refractivity contribution in [1.29, 1.82) is 0 Å². The molecule has 0 aliphatic heterocycles. The van der Waals surface area contributed by atoms with Crippen LogP contribution in [-0.2, 0) is 12.8 Å². The van der Waals surface area contributed by atoms with Crippen molar-refractivity contribution in [3.05, 3.63) is 11.4 Å². The van der Waals surface area contributed by atoms with Gasteiger partial charge in [-0.2, -0.15) is 0 Å². The van der Waals surface area contributed by atoms with Crippen molar-refractivity contribution in [3.8, 4) is 0 Å². The molecular weight excluding hydrogens is 176 g/mol. The zero-order valence-corrected chi connectivity index (χ0v) is 8.74. The van der Waals surface area contributed by atoms with Crippen LogP contribution < -0.4 is 5.73 Å². The molecule has 1 aliphatic carbocycles. The quantitative estimate of drug-likeness (QED) is 0.762. The summed E-state index contributed by atoms with van der Waals surface area (Å²) in [6.07, 6.45) is 5.63. The predicted octanol–water partition coefficient (Wildman–Crippen LogP) is 1.07. The van der Waals surface area contributed by atoms with Gasteiger partial charge in [-0.25, -0.2) is 4.68 Å². The molecule has 1 saturated carbocycles. The van der Waals surface area contributed by atoms with E-state index in [2.05, 4.69) is 21.9 Å². The van der Waals surface area contributed by atoms with Gasteiger partial charge in [0.05, 0.1) is 17.4 Å². The van der Waals surface area contributed by atoms with Crippen molar-refractivity contribution in [2.24, 2.45) is 5.73 Å². The third-order valence-electron chi connectivity index (χ3n) is 2.63. The SMILES string of the molecule is CCCc1c(CCN)nnn1C1CC1. The van der Waals surface area contributed by atoms with Crippen molar-refractivity contribution in [2.45, 2.75) is 45.1 Å². The molecule has 0 amide bonds. The average Bonchev–Trinajstić information content (AvgIpc) is 2.94. The molecule has 0 unspecified atom stereocenters. The first kappa shape index (κ1) is 9.65. The van der Waals surface area contributed by atoms with E-state index in [1.807, 2.05) is 0 Å². The van der Waals surface area contributed by atoms with Gasteiger partial charge in [0.2, 0.25) is 0 Å². The smallest absolute Gasteiger partial charge is 0.0871 e. The van der Waals surface area contributed by atoms with Crippen LogP contribution in [0.2, 0.25) is 0 Å². The van der Waals surface area contributed by atoms with Gasteiger partial charge in [-0.1, -0.05) is 18.6 Å². The first-order chi connectivity index (χ1) is 6.86. The molecule has 2 rings (SSSR count). The third kappa shape index (κ3) is 1.80. The largest absolute Gasteiger partial charge is 0.330 e. The maximum atomic E-state index is 5.55. The van der Waals surface area contributed by atoms with Gasteiger partial charge < -0.3 is 5.73 Å². The van der Waals surface area contributed by atoms with Gasteiger partial charge in [-0.3, -0.25) is 0 Å². The molecule has 0 saturated heterocycles. The summed E-state index contributed by atoms with van der Waals surface area (Å²) < 4.78 is 2.12. The van der Waals surface area contributed by atoms with Crippen LogP contribution in [0, 0.1) is 0 Å². The normalized spacial score (nSPS) is 16.1. The molecule has 0 atom stereocenters. The highest BCUT2D eigenvalue weighted by molar-refractivity contribution is 5.13. The molecule has 1 aromatic rings. The van der Waals surface area contributed by atoms with E-state index in [4.69, 9.17) is 5.73 Å². The van der Waals surface area contributed by atoms with E-state index in [1.54, 1.807) is 0 Å². The Morgan fingerprint density at radius 2 is 2.21 bits per heavy atom. The van der Waals surface area contributed by atoms with Crippen molar-refractivity contribution in [2.75, 3.05) is 6.54 Å². The number of nitrogens with zero attached hydrogens (tertiary/aromatic N) is 3. The Balaban J connectivity index is 2.21. The van der Waals surface area contributed by atoms with Crippen LogP contribution >= 0.6 is 0 Å². The highest BCUT2D eigenvalue weighted by Crippen LogP contribution is 2.35. The van der Waals surface area contributed by atoms with Gasteiger partial charge >= 0.3 is 0 Å². The Morgan fingerprint density at radius 1 is 1.43 bits per heavy atom. The van der Waals surface area contributed by atoms with E-state index in [1.165, 1.54) is 18.5 Å². The Hall–Kier alpha value is -0.900. The minimum atomic E-state index is 0.635. The zero-order chi connectivity index (χ0) is 9.97. The lowest BCUT2D eigenvalue weighted by atomic mass is 10.1.